The molecule has 0 aliphatic heterocycles. The fourth-order valence-electron chi connectivity index (χ4n) is 2.20. The molecule has 0 spiro atoms. The summed E-state index contributed by atoms with van der Waals surface area (Å²) in [6.07, 6.45) is 0. The lowest BCUT2D eigenvalue weighted by molar-refractivity contribution is 0.0996. The third kappa shape index (κ3) is 3.60. The van der Waals surface area contributed by atoms with Gasteiger partial charge in [0, 0.05) is 10.9 Å². The summed E-state index contributed by atoms with van der Waals surface area (Å²) in [6, 6.07) is 11.4. The van der Waals surface area contributed by atoms with Gasteiger partial charge in [-0.2, -0.15) is 0 Å². The number of carbonyl (C=O) groups is 1. The highest BCUT2D eigenvalue weighted by atomic mass is 32.1. The maximum absolute atomic E-state index is 13.0. The van der Waals surface area contributed by atoms with Gasteiger partial charge in [0.05, 0.1) is 11.3 Å². The van der Waals surface area contributed by atoms with Gasteiger partial charge in [-0.05, 0) is 48.9 Å². The molecule has 24 heavy (non-hydrogen) atoms. The highest BCUT2D eigenvalue weighted by Gasteiger charge is 2.11. The topological polar surface area (TPSA) is 65.2 Å². The van der Waals surface area contributed by atoms with Crippen molar-refractivity contribution in [2.24, 2.45) is 5.73 Å². The maximum Gasteiger partial charge on any atom is 0.252 e. The predicted molar refractivity (Wildman–Crippen MR) is 91.5 cm³/mol. The van der Waals surface area contributed by atoms with E-state index < -0.39 is 5.91 Å². The summed E-state index contributed by atoms with van der Waals surface area (Å²) in [5.74, 6) is -0.369. The van der Waals surface area contributed by atoms with Crippen LogP contribution in [0.4, 0.5) is 4.39 Å². The van der Waals surface area contributed by atoms with Gasteiger partial charge in [0.15, 0.2) is 0 Å². The van der Waals surface area contributed by atoms with Crippen molar-refractivity contribution in [1.29, 1.82) is 0 Å². The zero-order valence-electron chi connectivity index (χ0n) is 13.0. The lowest BCUT2D eigenvalue weighted by Crippen LogP contribution is -2.13. The molecule has 0 aliphatic carbocycles. The van der Waals surface area contributed by atoms with Crippen molar-refractivity contribution in [2.45, 2.75) is 13.5 Å². The molecular formula is C18H15FN2O2S. The molecule has 1 amide bonds. The third-order valence-electron chi connectivity index (χ3n) is 3.42. The minimum atomic E-state index is -0.532. The van der Waals surface area contributed by atoms with Gasteiger partial charge in [-0.3, -0.25) is 4.79 Å². The molecule has 0 bridgehead atoms. The number of hydrogen-bond donors (Lipinski definition) is 1. The lowest BCUT2D eigenvalue weighted by Gasteiger charge is -2.09. The van der Waals surface area contributed by atoms with Crippen LogP contribution >= 0.6 is 11.3 Å². The number of nitrogens with two attached hydrogens (primary N) is 1. The van der Waals surface area contributed by atoms with Crippen LogP contribution in [0.3, 0.4) is 0 Å². The van der Waals surface area contributed by atoms with Gasteiger partial charge in [0.25, 0.3) is 5.91 Å². The number of nitrogens with zero attached hydrogens (tertiary/aromatic N) is 1. The average Bonchev–Trinajstić information content (AvgIpc) is 3.02. The Kier molecular flexibility index (Phi) is 4.57. The Morgan fingerprint density at radius 3 is 2.71 bits per heavy atom. The fourth-order valence-corrected chi connectivity index (χ4v) is 3.01. The Bertz CT molecular complexity index is 875. The second-order valence-electron chi connectivity index (χ2n) is 5.30. The standard InChI is InChI=1S/C18H15FN2O2S/c1-11-2-7-15(17(20)22)16(8-11)23-9-14-10-24-18(21-14)12-3-5-13(19)6-4-12/h2-8,10H,9H2,1H3,(H2,20,22). The first kappa shape index (κ1) is 16.1. The van der Waals surface area contributed by atoms with Gasteiger partial charge in [-0.1, -0.05) is 6.07 Å². The van der Waals surface area contributed by atoms with E-state index in [1.165, 1.54) is 23.5 Å². The third-order valence-corrected chi connectivity index (χ3v) is 4.36. The van der Waals surface area contributed by atoms with E-state index in [1.54, 1.807) is 24.3 Å². The molecule has 6 heteroatoms. The van der Waals surface area contributed by atoms with Gasteiger partial charge in [-0.15, -0.1) is 11.3 Å². The number of amides is 1. The summed E-state index contributed by atoms with van der Waals surface area (Å²) in [5, 5.41) is 2.66. The molecule has 3 rings (SSSR count). The first-order chi connectivity index (χ1) is 11.5. The summed E-state index contributed by atoms with van der Waals surface area (Å²) < 4.78 is 18.7. The highest BCUT2D eigenvalue weighted by Crippen LogP contribution is 2.25. The van der Waals surface area contributed by atoms with Crippen LogP contribution < -0.4 is 10.5 Å². The highest BCUT2D eigenvalue weighted by molar-refractivity contribution is 7.13. The van der Waals surface area contributed by atoms with Crippen molar-refractivity contribution < 1.29 is 13.9 Å². The van der Waals surface area contributed by atoms with E-state index >= 15 is 0 Å². The second-order valence-corrected chi connectivity index (χ2v) is 6.16. The van der Waals surface area contributed by atoms with Crippen LogP contribution in [0.1, 0.15) is 21.6 Å². The number of rotatable bonds is 5. The number of carbonyl (C=O) groups excluding carboxylic acids is 1. The largest absolute Gasteiger partial charge is 0.486 e. The van der Waals surface area contributed by atoms with Crippen molar-refractivity contribution in [3.05, 3.63) is 70.5 Å². The van der Waals surface area contributed by atoms with E-state index in [2.05, 4.69) is 4.98 Å². The quantitative estimate of drug-likeness (QED) is 0.764. The monoisotopic (exact) mass is 342 g/mol. The van der Waals surface area contributed by atoms with Crippen LogP contribution in [0.2, 0.25) is 0 Å². The second kappa shape index (κ2) is 6.80. The average molecular weight is 342 g/mol. The number of benzene rings is 2. The molecule has 1 heterocycles. The normalized spacial score (nSPS) is 10.6. The Morgan fingerprint density at radius 1 is 1.25 bits per heavy atom. The summed E-state index contributed by atoms with van der Waals surface area (Å²) in [7, 11) is 0. The predicted octanol–water partition coefficient (Wildman–Crippen LogP) is 3.94. The van der Waals surface area contributed by atoms with Crippen molar-refractivity contribution in [3.8, 4) is 16.3 Å². The van der Waals surface area contributed by atoms with E-state index in [0.29, 0.717) is 11.3 Å². The number of halogens is 1. The van der Waals surface area contributed by atoms with E-state index in [0.717, 1.165) is 21.8 Å². The molecule has 4 nitrogen and oxygen atoms in total. The number of thiazole rings is 1. The summed E-state index contributed by atoms with van der Waals surface area (Å²) >= 11 is 1.45. The molecule has 1 aromatic heterocycles. The molecular weight excluding hydrogens is 327 g/mol. The fraction of sp³-hybridized carbons (Fsp3) is 0.111. The minimum Gasteiger partial charge on any atom is -0.486 e. The first-order valence-electron chi connectivity index (χ1n) is 7.26. The van der Waals surface area contributed by atoms with E-state index in [4.69, 9.17) is 10.5 Å². The van der Waals surface area contributed by atoms with Gasteiger partial charge >= 0.3 is 0 Å². The maximum atomic E-state index is 13.0. The Hall–Kier alpha value is -2.73. The van der Waals surface area contributed by atoms with Crippen molar-refractivity contribution in [3.63, 3.8) is 0 Å². The Balaban J connectivity index is 1.75. The first-order valence-corrected chi connectivity index (χ1v) is 8.14. The van der Waals surface area contributed by atoms with E-state index in [9.17, 15) is 9.18 Å². The molecule has 0 saturated carbocycles. The number of hydrogen-bond acceptors (Lipinski definition) is 4. The van der Waals surface area contributed by atoms with Crippen LogP contribution in [0.15, 0.2) is 47.8 Å². The minimum absolute atomic E-state index is 0.224. The summed E-state index contributed by atoms with van der Waals surface area (Å²) in [5.41, 5.74) is 8.26. The Morgan fingerprint density at radius 2 is 2.00 bits per heavy atom. The summed E-state index contributed by atoms with van der Waals surface area (Å²) in [4.78, 5) is 15.9. The zero-order chi connectivity index (χ0) is 17.1. The van der Waals surface area contributed by atoms with E-state index in [1.807, 2.05) is 18.4 Å². The van der Waals surface area contributed by atoms with E-state index in [-0.39, 0.29) is 12.4 Å². The number of aromatic nitrogens is 1. The van der Waals surface area contributed by atoms with Gasteiger partial charge in [0.2, 0.25) is 0 Å². The number of aryl methyl sites for hydroxylation is 1. The molecule has 122 valence electrons. The summed E-state index contributed by atoms with van der Waals surface area (Å²) in [6.45, 7) is 2.13. The van der Waals surface area contributed by atoms with Crippen LogP contribution in [-0.4, -0.2) is 10.9 Å². The van der Waals surface area contributed by atoms with Crippen molar-refractivity contribution in [2.75, 3.05) is 0 Å². The molecule has 0 unspecified atom stereocenters. The molecule has 0 atom stereocenters. The Labute approximate surface area is 142 Å². The molecule has 2 N–H and O–H groups in total. The molecule has 2 aromatic carbocycles. The smallest absolute Gasteiger partial charge is 0.252 e. The van der Waals surface area contributed by atoms with Gasteiger partial charge in [0.1, 0.15) is 23.2 Å². The van der Waals surface area contributed by atoms with Crippen molar-refractivity contribution in [1.82, 2.24) is 4.98 Å². The lowest BCUT2D eigenvalue weighted by atomic mass is 10.1. The number of primary amides is 1. The van der Waals surface area contributed by atoms with Gasteiger partial charge in [-0.25, -0.2) is 9.37 Å². The van der Waals surface area contributed by atoms with Gasteiger partial charge < -0.3 is 10.5 Å². The molecule has 0 aliphatic rings. The van der Waals surface area contributed by atoms with Crippen molar-refractivity contribution >= 4 is 17.2 Å². The molecule has 0 saturated heterocycles. The molecule has 3 aromatic rings. The van der Waals surface area contributed by atoms with Crippen LogP contribution in [0.25, 0.3) is 10.6 Å². The number of ether oxygens (including phenoxy) is 1. The van der Waals surface area contributed by atoms with Crippen LogP contribution in [0, 0.1) is 12.7 Å². The SMILES string of the molecule is Cc1ccc(C(N)=O)c(OCc2csc(-c3ccc(F)cc3)n2)c1. The van der Waals surface area contributed by atoms with Crippen LogP contribution in [0.5, 0.6) is 5.75 Å². The van der Waals surface area contributed by atoms with Crippen LogP contribution in [-0.2, 0) is 6.61 Å². The molecule has 0 radical (unpaired) electrons. The zero-order valence-corrected chi connectivity index (χ0v) is 13.8. The molecule has 0 fully saturated rings.